The average Bonchev–Trinajstić information content (AvgIpc) is 2.59. The van der Waals surface area contributed by atoms with Gasteiger partial charge in [-0.15, -0.1) is 0 Å². The third-order valence-electron chi connectivity index (χ3n) is 3.29. The smallest absolute Gasteiger partial charge is 0.244 e. The molecule has 3 N–H and O–H groups in total. The zero-order valence-electron chi connectivity index (χ0n) is 12.8. The van der Waals surface area contributed by atoms with Gasteiger partial charge in [-0.3, -0.25) is 4.79 Å². The molecular weight excluding hydrogens is 294 g/mol. The molecule has 1 amide bonds. The van der Waals surface area contributed by atoms with Gasteiger partial charge in [-0.25, -0.2) is 0 Å². The summed E-state index contributed by atoms with van der Waals surface area (Å²) in [6.07, 6.45) is 2.23. The molecular formula is C18H19NO4. The van der Waals surface area contributed by atoms with Crippen LogP contribution in [0.3, 0.4) is 0 Å². The van der Waals surface area contributed by atoms with Gasteiger partial charge in [-0.05, 0) is 41.5 Å². The van der Waals surface area contributed by atoms with E-state index in [1.807, 2.05) is 0 Å². The molecule has 2 aromatic rings. The first kappa shape index (κ1) is 16.6. The Hall–Kier alpha value is -2.79. The Morgan fingerprint density at radius 1 is 1.17 bits per heavy atom. The summed E-state index contributed by atoms with van der Waals surface area (Å²) in [6, 6.07) is 13.5. The highest BCUT2D eigenvalue weighted by Crippen LogP contribution is 2.17. The highest BCUT2D eigenvalue weighted by molar-refractivity contribution is 5.91. The Morgan fingerprint density at radius 2 is 1.83 bits per heavy atom. The van der Waals surface area contributed by atoms with Gasteiger partial charge in [0, 0.05) is 12.6 Å². The number of amides is 1. The fourth-order valence-corrected chi connectivity index (χ4v) is 1.96. The predicted octanol–water partition coefficient (Wildman–Crippen LogP) is 2.26. The summed E-state index contributed by atoms with van der Waals surface area (Å²) >= 11 is 0. The van der Waals surface area contributed by atoms with Crippen molar-refractivity contribution >= 4 is 12.0 Å². The number of methoxy groups -OCH3 is 1. The molecule has 0 heterocycles. The van der Waals surface area contributed by atoms with Crippen LogP contribution < -0.4 is 10.1 Å². The van der Waals surface area contributed by atoms with Gasteiger partial charge in [-0.2, -0.15) is 0 Å². The number of carbonyl (C=O) groups is 1. The van der Waals surface area contributed by atoms with Gasteiger partial charge in [0.25, 0.3) is 0 Å². The zero-order valence-corrected chi connectivity index (χ0v) is 12.8. The molecule has 5 nitrogen and oxygen atoms in total. The molecule has 2 rings (SSSR count). The van der Waals surface area contributed by atoms with Crippen LogP contribution >= 0.6 is 0 Å². The molecule has 0 saturated carbocycles. The predicted molar refractivity (Wildman–Crippen MR) is 88.1 cm³/mol. The summed E-state index contributed by atoms with van der Waals surface area (Å²) in [7, 11) is 1.58. The average molecular weight is 313 g/mol. The van der Waals surface area contributed by atoms with E-state index >= 15 is 0 Å². The fourth-order valence-electron chi connectivity index (χ4n) is 1.96. The van der Waals surface area contributed by atoms with E-state index in [4.69, 9.17) is 4.74 Å². The van der Waals surface area contributed by atoms with Crippen LogP contribution in [0.2, 0.25) is 0 Å². The lowest BCUT2D eigenvalue weighted by Crippen LogP contribution is -2.26. The van der Waals surface area contributed by atoms with Crippen LogP contribution in [-0.4, -0.2) is 29.8 Å². The maximum absolute atomic E-state index is 11.7. The number of aliphatic hydroxyl groups is 1. The molecule has 0 bridgehead atoms. The number of aromatic hydroxyl groups is 1. The van der Waals surface area contributed by atoms with Crippen molar-refractivity contribution in [1.82, 2.24) is 5.32 Å². The number of nitrogens with one attached hydrogen (secondary N) is 1. The van der Waals surface area contributed by atoms with E-state index in [0.717, 1.165) is 5.56 Å². The van der Waals surface area contributed by atoms with Crippen molar-refractivity contribution in [2.75, 3.05) is 13.7 Å². The Labute approximate surface area is 134 Å². The van der Waals surface area contributed by atoms with Crippen molar-refractivity contribution in [3.63, 3.8) is 0 Å². The van der Waals surface area contributed by atoms with E-state index in [0.29, 0.717) is 11.3 Å². The summed E-state index contributed by atoms with van der Waals surface area (Å²) in [4.78, 5) is 11.7. The summed E-state index contributed by atoms with van der Waals surface area (Å²) in [5.41, 5.74) is 1.50. The lowest BCUT2D eigenvalue weighted by atomic mass is 10.1. The van der Waals surface area contributed by atoms with Gasteiger partial charge >= 0.3 is 0 Å². The SMILES string of the molecule is COc1ccc([C@H](O)CNC(=O)/C=C/c2ccc(O)cc2)cc1. The van der Waals surface area contributed by atoms with Gasteiger partial charge in [0.2, 0.25) is 5.91 Å². The van der Waals surface area contributed by atoms with Gasteiger partial charge in [0.15, 0.2) is 0 Å². The third-order valence-corrected chi connectivity index (χ3v) is 3.29. The number of phenolic OH excluding ortho intramolecular Hbond substituents is 1. The molecule has 0 aliphatic heterocycles. The van der Waals surface area contributed by atoms with Gasteiger partial charge in [0.05, 0.1) is 13.2 Å². The monoisotopic (exact) mass is 313 g/mol. The number of carbonyl (C=O) groups excluding carboxylic acids is 1. The van der Waals surface area contributed by atoms with E-state index in [1.165, 1.54) is 6.08 Å². The van der Waals surface area contributed by atoms with Crippen LogP contribution in [0.5, 0.6) is 11.5 Å². The van der Waals surface area contributed by atoms with E-state index in [-0.39, 0.29) is 18.2 Å². The molecule has 0 aromatic heterocycles. The standard InChI is InChI=1S/C18H19NO4/c1-23-16-9-5-14(6-10-16)17(21)12-19-18(22)11-4-13-2-7-15(20)8-3-13/h2-11,17,20-21H,12H2,1H3,(H,19,22)/b11-4+/t17-/m1/s1. The second kappa shape index (κ2) is 8.00. The Morgan fingerprint density at radius 3 is 2.43 bits per heavy atom. The second-order valence-corrected chi connectivity index (χ2v) is 4.96. The van der Waals surface area contributed by atoms with Crippen LogP contribution in [0.1, 0.15) is 17.2 Å². The molecule has 0 aliphatic rings. The number of rotatable bonds is 6. The molecule has 0 aliphatic carbocycles. The lowest BCUT2D eigenvalue weighted by Gasteiger charge is -2.11. The van der Waals surface area contributed by atoms with E-state index < -0.39 is 6.10 Å². The maximum Gasteiger partial charge on any atom is 0.244 e. The van der Waals surface area contributed by atoms with Crippen LogP contribution in [0.15, 0.2) is 54.6 Å². The number of hydrogen-bond donors (Lipinski definition) is 3. The first-order valence-corrected chi connectivity index (χ1v) is 7.15. The van der Waals surface area contributed by atoms with Crippen LogP contribution in [0.4, 0.5) is 0 Å². The quantitative estimate of drug-likeness (QED) is 0.715. The summed E-state index contributed by atoms with van der Waals surface area (Å²) in [5.74, 6) is 0.585. The first-order chi connectivity index (χ1) is 11.1. The largest absolute Gasteiger partial charge is 0.508 e. The highest BCUT2D eigenvalue weighted by Gasteiger charge is 2.08. The van der Waals surface area contributed by atoms with E-state index in [1.54, 1.807) is 61.7 Å². The third kappa shape index (κ3) is 5.16. The van der Waals surface area contributed by atoms with Crippen LogP contribution in [-0.2, 0) is 4.79 Å². The molecule has 0 spiro atoms. The number of phenols is 1. The molecule has 0 saturated heterocycles. The van der Waals surface area contributed by atoms with Crippen molar-refractivity contribution < 1.29 is 19.7 Å². The van der Waals surface area contributed by atoms with Crippen LogP contribution in [0.25, 0.3) is 6.08 Å². The van der Waals surface area contributed by atoms with Crippen molar-refractivity contribution in [2.45, 2.75) is 6.10 Å². The lowest BCUT2D eigenvalue weighted by molar-refractivity contribution is -0.116. The van der Waals surface area contributed by atoms with Gasteiger partial charge in [0.1, 0.15) is 11.5 Å². The molecule has 0 unspecified atom stereocenters. The maximum atomic E-state index is 11.7. The van der Waals surface area contributed by atoms with Crippen molar-refractivity contribution in [3.8, 4) is 11.5 Å². The highest BCUT2D eigenvalue weighted by atomic mass is 16.5. The Bertz CT molecular complexity index is 662. The normalized spacial score (nSPS) is 12.1. The molecule has 120 valence electrons. The molecule has 2 aromatic carbocycles. The minimum absolute atomic E-state index is 0.116. The summed E-state index contributed by atoms with van der Waals surface area (Å²) in [6.45, 7) is 0.116. The Kier molecular flexibility index (Phi) is 5.77. The van der Waals surface area contributed by atoms with Gasteiger partial charge in [-0.1, -0.05) is 24.3 Å². The topological polar surface area (TPSA) is 78.8 Å². The molecule has 0 fully saturated rings. The van der Waals surface area contributed by atoms with E-state index in [2.05, 4.69) is 5.32 Å². The van der Waals surface area contributed by atoms with Crippen molar-refractivity contribution in [2.24, 2.45) is 0 Å². The first-order valence-electron chi connectivity index (χ1n) is 7.15. The molecule has 5 heteroatoms. The molecule has 0 radical (unpaired) electrons. The summed E-state index contributed by atoms with van der Waals surface area (Å²) in [5, 5.41) is 21.9. The summed E-state index contributed by atoms with van der Waals surface area (Å²) < 4.78 is 5.05. The second-order valence-electron chi connectivity index (χ2n) is 4.96. The van der Waals surface area contributed by atoms with Crippen molar-refractivity contribution in [1.29, 1.82) is 0 Å². The Balaban J connectivity index is 1.84. The van der Waals surface area contributed by atoms with E-state index in [9.17, 15) is 15.0 Å². The number of aliphatic hydroxyl groups excluding tert-OH is 1. The number of benzene rings is 2. The van der Waals surface area contributed by atoms with Gasteiger partial charge < -0.3 is 20.3 Å². The zero-order chi connectivity index (χ0) is 16.7. The van der Waals surface area contributed by atoms with Crippen LogP contribution in [0, 0.1) is 0 Å². The molecule has 23 heavy (non-hydrogen) atoms. The number of hydrogen-bond acceptors (Lipinski definition) is 4. The number of ether oxygens (including phenoxy) is 1. The minimum Gasteiger partial charge on any atom is -0.508 e. The molecule has 1 atom stereocenters. The fraction of sp³-hybridized carbons (Fsp3) is 0.167. The van der Waals surface area contributed by atoms with Crippen molar-refractivity contribution in [3.05, 3.63) is 65.7 Å². The minimum atomic E-state index is -0.785.